The minimum atomic E-state index is -3.89. The Balaban J connectivity index is 1.80. The van der Waals surface area contributed by atoms with Crippen LogP contribution in [0.2, 0.25) is 0 Å². The zero-order chi connectivity index (χ0) is 18.9. The first kappa shape index (κ1) is 18.2. The van der Waals surface area contributed by atoms with Crippen molar-refractivity contribution in [2.45, 2.75) is 42.8 Å². The smallest absolute Gasteiger partial charge is 0.269 e. The largest absolute Gasteiger partial charge is 0.387 e. The first-order valence-electron chi connectivity index (χ1n) is 9.14. The van der Waals surface area contributed by atoms with Crippen molar-refractivity contribution in [3.8, 4) is 0 Å². The van der Waals surface area contributed by atoms with E-state index in [0.717, 1.165) is 19.3 Å². The minimum Gasteiger partial charge on any atom is -0.387 e. The normalized spacial score (nSPS) is 19.2. The number of nitrogens with zero attached hydrogens (tertiary/aromatic N) is 2. The summed E-state index contributed by atoms with van der Waals surface area (Å²) in [5.74, 6) is 0. The molecular weight excluding hydrogens is 364 g/mol. The number of ether oxygens (including phenoxy) is 1. The summed E-state index contributed by atoms with van der Waals surface area (Å²) in [6, 6.07) is 13.5. The van der Waals surface area contributed by atoms with E-state index < -0.39 is 16.1 Å². The molecule has 1 aliphatic heterocycles. The van der Waals surface area contributed by atoms with Gasteiger partial charge < -0.3 is 9.84 Å². The molecule has 7 heteroatoms. The van der Waals surface area contributed by atoms with Gasteiger partial charge >= 0.3 is 0 Å². The highest BCUT2D eigenvalue weighted by Gasteiger charge is 2.29. The number of benzene rings is 1. The van der Waals surface area contributed by atoms with Gasteiger partial charge in [0.2, 0.25) is 0 Å². The maximum Gasteiger partial charge on any atom is 0.269 e. The fraction of sp³-hybridized carbons (Fsp3) is 0.350. The van der Waals surface area contributed by atoms with Gasteiger partial charge in [0.1, 0.15) is 0 Å². The Kier molecular flexibility index (Phi) is 4.99. The number of aliphatic hydroxyl groups is 1. The van der Waals surface area contributed by atoms with Crippen LogP contribution in [0.1, 0.15) is 37.5 Å². The van der Waals surface area contributed by atoms with E-state index in [1.165, 1.54) is 3.97 Å². The van der Waals surface area contributed by atoms with Crippen LogP contribution in [-0.4, -0.2) is 35.2 Å². The molecule has 0 radical (unpaired) electrons. The number of hydrogen-bond donors (Lipinski definition) is 1. The molecule has 27 heavy (non-hydrogen) atoms. The number of pyridine rings is 1. The van der Waals surface area contributed by atoms with Crippen molar-refractivity contribution in [2.75, 3.05) is 6.61 Å². The molecule has 4 rings (SSSR count). The van der Waals surface area contributed by atoms with Crippen LogP contribution in [0.5, 0.6) is 0 Å². The number of aliphatic hydroxyl groups excluding tert-OH is 1. The van der Waals surface area contributed by atoms with Crippen LogP contribution >= 0.6 is 0 Å². The molecule has 0 saturated carbocycles. The van der Waals surface area contributed by atoms with Gasteiger partial charge in [0.15, 0.2) is 5.65 Å². The lowest BCUT2D eigenvalue weighted by Gasteiger charge is -2.25. The van der Waals surface area contributed by atoms with Crippen molar-refractivity contribution in [1.82, 2.24) is 8.96 Å². The van der Waals surface area contributed by atoms with Gasteiger partial charge in [-0.2, -0.15) is 0 Å². The first-order valence-corrected chi connectivity index (χ1v) is 10.6. The van der Waals surface area contributed by atoms with Gasteiger partial charge in [-0.3, -0.25) is 0 Å². The lowest BCUT2D eigenvalue weighted by molar-refractivity contribution is -0.0163. The van der Waals surface area contributed by atoms with E-state index in [1.54, 1.807) is 54.7 Å². The Hall–Kier alpha value is -2.22. The average molecular weight is 386 g/mol. The van der Waals surface area contributed by atoms with Crippen LogP contribution < -0.4 is 0 Å². The molecule has 0 bridgehead atoms. The van der Waals surface area contributed by atoms with Gasteiger partial charge in [-0.15, -0.1) is 0 Å². The Labute approximate surface area is 158 Å². The van der Waals surface area contributed by atoms with Crippen LogP contribution in [0.3, 0.4) is 0 Å². The highest BCUT2D eigenvalue weighted by atomic mass is 32.2. The van der Waals surface area contributed by atoms with E-state index in [9.17, 15) is 13.5 Å². The molecule has 0 spiro atoms. The summed E-state index contributed by atoms with van der Waals surface area (Å²) in [5.41, 5.74) is 0.640. The molecular formula is C20H22N2O4S. The van der Waals surface area contributed by atoms with Gasteiger partial charge in [0, 0.05) is 24.6 Å². The van der Waals surface area contributed by atoms with E-state index in [-0.39, 0.29) is 11.0 Å². The fourth-order valence-corrected chi connectivity index (χ4v) is 5.12. The van der Waals surface area contributed by atoms with Gasteiger partial charge in [-0.25, -0.2) is 17.4 Å². The molecule has 1 saturated heterocycles. The van der Waals surface area contributed by atoms with Crippen LogP contribution in [-0.2, 0) is 14.8 Å². The van der Waals surface area contributed by atoms with Crippen molar-refractivity contribution in [2.24, 2.45) is 0 Å². The minimum absolute atomic E-state index is 0.0624. The summed E-state index contributed by atoms with van der Waals surface area (Å²) in [6.07, 6.45) is 3.86. The predicted octanol–water partition coefficient (Wildman–Crippen LogP) is 3.27. The van der Waals surface area contributed by atoms with Gasteiger partial charge in [-0.05, 0) is 49.6 Å². The fourth-order valence-electron chi connectivity index (χ4n) is 3.58. The maximum atomic E-state index is 13.3. The molecule has 142 valence electrons. The summed E-state index contributed by atoms with van der Waals surface area (Å²) in [7, 11) is -3.89. The molecule has 3 heterocycles. The van der Waals surface area contributed by atoms with Gasteiger partial charge in [0.25, 0.3) is 10.0 Å². The molecule has 3 aromatic rings. The third-order valence-corrected chi connectivity index (χ3v) is 6.66. The molecule has 1 aliphatic rings. The molecule has 0 aliphatic carbocycles. The maximum absolute atomic E-state index is 13.3. The number of rotatable bonds is 5. The van der Waals surface area contributed by atoms with Crippen molar-refractivity contribution in [3.05, 3.63) is 60.4 Å². The van der Waals surface area contributed by atoms with E-state index in [2.05, 4.69) is 4.98 Å². The Morgan fingerprint density at radius 2 is 2.00 bits per heavy atom. The van der Waals surface area contributed by atoms with Crippen molar-refractivity contribution in [1.29, 1.82) is 0 Å². The average Bonchev–Trinajstić information content (AvgIpc) is 3.10. The SMILES string of the molecule is O=S(=O)(c1ccccc1)n1c(C(O)CC2CCCCO2)cc2cccnc21. The van der Waals surface area contributed by atoms with Gasteiger partial charge in [-0.1, -0.05) is 18.2 Å². The second-order valence-electron chi connectivity index (χ2n) is 6.81. The first-order chi connectivity index (χ1) is 13.1. The van der Waals surface area contributed by atoms with E-state index >= 15 is 0 Å². The quantitative estimate of drug-likeness (QED) is 0.728. The summed E-state index contributed by atoms with van der Waals surface area (Å²) in [5, 5.41) is 11.5. The predicted molar refractivity (Wildman–Crippen MR) is 102 cm³/mol. The summed E-state index contributed by atoms with van der Waals surface area (Å²) < 4.78 is 33.5. The standard InChI is InChI=1S/C20H22N2O4S/c23-19(14-16-8-4-5-12-26-16)18-13-15-7-6-11-21-20(15)22(18)27(24,25)17-9-2-1-3-10-17/h1-3,6-7,9-11,13,16,19,23H,4-5,8,12,14H2. The molecule has 1 N–H and O–H groups in total. The topological polar surface area (TPSA) is 81.4 Å². The van der Waals surface area contributed by atoms with Crippen LogP contribution in [0.25, 0.3) is 11.0 Å². The lowest BCUT2D eigenvalue weighted by Crippen LogP contribution is -2.24. The Bertz CT molecular complexity index is 1020. The Morgan fingerprint density at radius 1 is 1.19 bits per heavy atom. The Morgan fingerprint density at radius 3 is 2.74 bits per heavy atom. The van der Waals surface area contributed by atoms with E-state index in [4.69, 9.17) is 4.74 Å². The number of fused-ring (bicyclic) bond motifs is 1. The van der Waals surface area contributed by atoms with Crippen molar-refractivity contribution in [3.63, 3.8) is 0 Å². The van der Waals surface area contributed by atoms with Crippen molar-refractivity contribution >= 4 is 21.1 Å². The zero-order valence-electron chi connectivity index (χ0n) is 14.9. The highest BCUT2D eigenvalue weighted by molar-refractivity contribution is 7.90. The van der Waals surface area contributed by atoms with Crippen LogP contribution in [0.15, 0.2) is 59.6 Å². The molecule has 1 aromatic carbocycles. The van der Waals surface area contributed by atoms with Crippen molar-refractivity contribution < 1.29 is 18.3 Å². The molecule has 0 amide bonds. The monoisotopic (exact) mass is 386 g/mol. The second kappa shape index (κ2) is 7.42. The molecule has 2 aromatic heterocycles. The lowest BCUT2D eigenvalue weighted by atomic mass is 10.0. The zero-order valence-corrected chi connectivity index (χ0v) is 15.7. The van der Waals surface area contributed by atoms with Gasteiger partial charge in [0.05, 0.1) is 22.8 Å². The van der Waals surface area contributed by atoms with E-state index in [0.29, 0.717) is 29.8 Å². The molecule has 2 unspecified atom stereocenters. The number of aromatic nitrogens is 2. The van der Waals surface area contributed by atoms with Crippen LogP contribution in [0.4, 0.5) is 0 Å². The third-order valence-electron chi connectivity index (χ3n) is 4.93. The summed E-state index contributed by atoms with van der Waals surface area (Å²) in [4.78, 5) is 4.43. The molecule has 2 atom stereocenters. The van der Waals surface area contributed by atoms with E-state index in [1.807, 2.05) is 0 Å². The molecule has 1 fully saturated rings. The molecule has 6 nitrogen and oxygen atoms in total. The number of hydrogen-bond acceptors (Lipinski definition) is 5. The third kappa shape index (κ3) is 3.50. The van der Waals surface area contributed by atoms with Crippen LogP contribution in [0, 0.1) is 0 Å². The summed E-state index contributed by atoms with van der Waals surface area (Å²) >= 11 is 0. The highest BCUT2D eigenvalue weighted by Crippen LogP contribution is 2.31. The summed E-state index contributed by atoms with van der Waals surface area (Å²) in [6.45, 7) is 0.685. The second-order valence-corrected chi connectivity index (χ2v) is 8.59.